The van der Waals surface area contributed by atoms with E-state index >= 15 is 0 Å². The summed E-state index contributed by atoms with van der Waals surface area (Å²) in [6.07, 6.45) is 3.59. The molecule has 27 heavy (non-hydrogen) atoms. The standard InChI is InChI=1S/C19H13ClF3N3O/c1-2-13(10-26-12-24-11-25-26)17-8-7-16(9-18(17)19(21,22)23)27-15-5-3-14(20)4-6-15/h1,3-9,11-13H,10H2. The smallest absolute Gasteiger partial charge is 0.416 e. The summed E-state index contributed by atoms with van der Waals surface area (Å²) >= 11 is 5.79. The molecular formula is C19H13ClF3N3O. The Morgan fingerprint density at radius 1 is 1.15 bits per heavy atom. The first-order valence-corrected chi connectivity index (χ1v) is 8.17. The Balaban J connectivity index is 1.94. The van der Waals surface area contributed by atoms with Crippen molar-refractivity contribution in [1.29, 1.82) is 0 Å². The van der Waals surface area contributed by atoms with Crippen LogP contribution in [0, 0.1) is 12.3 Å². The molecule has 3 rings (SSSR count). The van der Waals surface area contributed by atoms with Crippen LogP contribution in [0.5, 0.6) is 11.5 Å². The number of aromatic nitrogens is 3. The Kier molecular flexibility index (Phi) is 5.38. The Morgan fingerprint density at radius 3 is 2.44 bits per heavy atom. The molecule has 138 valence electrons. The van der Waals surface area contributed by atoms with Crippen molar-refractivity contribution in [1.82, 2.24) is 14.8 Å². The van der Waals surface area contributed by atoms with E-state index in [4.69, 9.17) is 22.8 Å². The summed E-state index contributed by atoms with van der Waals surface area (Å²) in [6, 6.07) is 10.0. The zero-order chi connectivity index (χ0) is 19.4. The number of ether oxygens (including phenoxy) is 1. The van der Waals surface area contributed by atoms with E-state index in [1.165, 1.54) is 29.5 Å². The highest BCUT2D eigenvalue weighted by molar-refractivity contribution is 6.30. The van der Waals surface area contributed by atoms with Gasteiger partial charge >= 0.3 is 6.18 Å². The van der Waals surface area contributed by atoms with Gasteiger partial charge in [0.2, 0.25) is 0 Å². The molecule has 0 radical (unpaired) electrons. The summed E-state index contributed by atoms with van der Waals surface area (Å²) < 4.78 is 47.8. The van der Waals surface area contributed by atoms with E-state index in [9.17, 15) is 13.2 Å². The van der Waals surface area contributed by atoms with Crippen molar-refractivity contribution >= 4 is 11.6 Å². The summed E-state index contributed by atoms with van der Waals surface area (Å²) in [5, 5.41) is 4.39. The zero-order valence-electron chi connectivity index (χ0n) is 13.8. The van der Waals surface area contributed by atoms with Crippen LogP contribution >= 0.6 is 11.6 Å². The second kappa shape index (κ2) is 7.72. The van der Waals surface area contributed by atoms with E-state index in [1.807, 2.05) is 0 Å². The van der Waals surface area contributed by atoms with E-state index in [-0.39, 0.29) is 17.9 Å². The van der Waals surface area contributed by atoms with Gasteiger partial charge in [-0.1, -0.05) is 23.6 Å². The lowest BCUT2D eigenvalue weighted by Crippen LogP contribution is -2.15. The highest BCUT2D eigenvalue weighted by atomic mass is 35.5. The van der Waals surface area contributed by atoms with Gasteiger partial charge in [0.1, 0.15) is 24.2 Å². The summed E-state index contributed by atoms with van der Waals surface area (Å²) in [7, 11) is 0. The van der Waals surface area contributed by atoms with Crippen LogP contribution in [-0.4, -0.2) is 14.8 Å². The maximum absolute atomic E-state index is 13.6. The Hall–Kier alpha value is -2.98. The first-order chi connectivity index (χ1) is 12.9. The molecule has 0 aliphatic heterocycles. The summed E-state index contributed by atoms with van der Waals surface area (Å²) in [5.74, 6) is 1.99. The molecule has 0 amide bonds. The van der Waals surface area contributed by atoms with Crippen LogP contribution in [0.3, 0.4) is 0 Å². The molecular weight excluding hydrogens is 379 g/mol. The van der Waals surface area contributed by atoms with Crippen molar-refractivity contribution in [3.05, 3.63) is 71.3 Å². The third kappa shape index (κ3) is 4.60. The van der Waals surface area contributed by atoms with Gasteiger partial charge in [-0.15, -0.1) is 6.42 Å². The van der Waals surface area contributed by atoms with Gasteiger partial charge in [0.25, 0.3) is 0 Å². The number of rotatable bonds is 5. The minimum Gasteiger partial charge on any atom is -0.457 e. The maximum Gasteiger partial charge on any atom is 0.416 e. The second-order valence-electron chi connectivity index (χ2n) is 5.64. The highest BCUT2D eigenvalue weighted by Gasteiger charge is 2.35. The van der Waals surface area contributed by atoms with Crippen LogP contribution in [0.4, 0.5) is 13.2 Å². The topological polar surface area (TPSA) is 39.9 Å². The van der Waals surface area contributed by atoms with Gasteiger partial charge in [0, 0.05) is 5.02 Å². The zero-order valence-corrected chi connectivity index (χ0v) is 14.6. The van der Waals surface area contributed by atoms with Crippen LogP contribution in [0.25, 0.3) is 0 Å². The van der Waals surface area contributed by atoms with Gasteiger partial charge in [-0.2, -0.15) is 18.3 Å². The predicted octanol–water partition coefficient (Wildman–Crippen LogP) is 5.16. The minimum absolute atomic E-state index is 0.0241. The Labute approximate surface area is 158 Å². The number of hydrogen-bond donors (Lipinski definition) is 0. The quantitative estimate of drug-likeness (QED) is 0.564. The molecule has 2 aromatic carbocycles. The molecule has 1 aromatic heterocycles. The molecule has 0 spiro atoms. The van der Waals surface area contributed by atoms with Gasteiger partial charge in [-0.25, -0.2) is 4.98 Å². The molecule has 1 atom stereocenters. The van der Waals surface area contributed by atoms with Crippen LogP contribution in [0.1, 0.15) is 17.0 Å². The van der Waals surface area contributed by atoms with E-state index in [0.29, 0.717) is 10.8 Å². The number of terminal acetylenes is 1. The number of nitrogens with zero attached hydrogens (tertiary/aromatic N) is 3. The molecule has 1 heterocycles. The third-order valence-electron chi connectivity index (χ3n) is 3.79. The van der Waals surface area contributed by atoms with Crippen LogP contribution in [0.2, 0.25) is 5.02 Å². The number of alkyl halides is 3. The van der Waals surface area contributed by atoms with E-state index in [1.54, 1.807) is 24.3 Å². The fourth-order valence-corrected chi connectivity index (χ4v) is 2.67. The lowest BCUT2D eigenvalue weighted by atomic mass is 9.94. The van der Waals surface area contributed by atoms with Crippen molar-refractivity contribution in [3.63, 3.8) is 0 Å². The van der Waals surface area contributed by atoms with Gasteiger partial charge in [0.15, 0.2) is 0 Å². The molecule has 0 saturated carbocycles. The SMILES string of the molecule is C#CC(Cn1cncn1)c1ccc(Oc2ccc(Cl)cc2)cc1C(F)(F)F. The monoisotopic (exact) mass is 391 g/mol. The summed E-state index contributed by atoms with van der Waals surface area (Å²) in [4.78, 5) is 3.77. The van der Waals surface area contributed by atoms with Crippen molar-refractivity contribution < 1.29 is 17.9 Å². The van der Waals surface area contributed by atoms with E-state index in [2.05, 4.69) is 16.0 Å². The molecule has 8 heteroatoms. The Bertz CT molecular complexity index is 948. The first kappa shape index (κ1) is 18.8. The summed E-state index contributed by atoms with van der Waals surface area (Å²) in [5.41, 5.74) is -0.874. The summed E-state index contributed by atoms with van der Waals surface area (Å²) in [6.45, 7) is 0.0803. The lowest BCUT2D eigenvalue weighted by molar-refractivity contribution is -0.138. The number of halogens is 4. The maximum atomic E-state index is 13.6. The fourth-order valence-electron chi connectivity index (χ4n) is 2.54. The van der Waals surface area contributed by atoms with Crippen molar-refractivity contribution in [3.8, 4) is 23.8 Å². The van der Waals surface area contributed by atoms with E-state index in [0.717, 1.165) is 6.07 Å². The van der Waals surface area contributed by atoms with Gasteiger partial charge in [-0.05, 0) is 42.0 Å². The lowest BCUT2D eigenvalue weighted by Gasteiger charge is -2.19. The molecule has 1 unspecified atom stereocenters. The Morgan fingerprint density at radius 2 is 1.85 bits per heavy atom. The van der Waals surface area contributed by atoms with E-state index < -0.39 is 17.7 Å². The highest BCUT2D eigenvalue weighted by Crippen LogP contribution is 2.38. The third-order valence-corrected chi connectivity index (χ3v) is 4.04. The van der Waals surface area contributed by atoms with Gasteiger partial charge in [0.05, 0.1) is 18.0 Å². The second-order valence-corrected chi connectivity index (χ2v) is 6.08. The average molecular weight is 392 g/mol. The molecule has 0 fully saturated rings. The van der Waals surface area contributed by atoms with Crippen molar-refractivity contribution in [2.75, 3.05) is 0 Å². The molecule has 4 nitrogen and oxygen atoms in total. The van der Waals surface area contributed by atoms with Gasteiger partial charge < -0.3 is 4.74 Å². The largest absolute Gasteiger partial charge is 0.457 e. The molecule has 0 N–H and O–H groups in total. The van der Waals surface area contributed by atoms with Crippen LogP contribution in [-0.2, 0) is 12.7 Å². The van der Waals surface area contributed by atoms with Crippen molar-refractivity contribution in [2.24, 2.45) is 0 Å². The molecule has 0 bridgehead atoms. The van der Waals surface area contributed by atoms with Crippen molar-refractivity contribution in [2.45, 2.75) is 18.6 Å². The minimum atomic E-state index is -4.59. The van der Waals surface area contributed by atoms with Gasteiger partial charge in [-0.3, -0.25) is 4.68 Å². The molecule has 0 saturated heterocycles. The normalized spacial score (nSPS) is 12.4. The number of benzene rings is 2. The molecule has 0 aliphatic carbocycles. The fraction of sp³-hybridized carbons (Fsp3) is 0.158. The average Bonchev–Trinajstić information content (AvgIpc) is 3.14. The first-order valence-electron chi connectivity index (χ1n) is 7.80. The molecule has 0 aliphatic rings. The predicted molar refractivity (Wildman–Crippen MR) is 94.6 cm³/mol. The number of hydrogen-bond acceptors (Lipinski definition) is 3. The van der Waals surface area contributed by atoms with Crippen LogP contribution < -0.4 is 4.74 Å². The molecule has 3 aromatic rings. The van der Waals surface area contributed by atoms with Crippen LogP contribution in [0.15, 0.2) is 55.1 Å².